The van der Waals surface area contributed by atoms with Gasteiger partial charge in [-0.15, -0.1) is 6.42 Å². The number of ether oxygens (including phenoxy) is 2. The number of terminal acetylenes is 1. The van der Waals surface area contributed by atoms with Crippen LogP contribution in [0.3, 0.4) is 0 Å². The van der Waals surface area contributed by atoms with Crippen molar-refractivity contribution < 1.29 is 28.7 Å². The molecule has 2 unspecified atom stereocenters. The first-order valence-electron chi connectivity index (χ1n) is 13.2. The van der Waals surface area contributed by atoms with E-state index >= 15 is 0 Å². The number of nitrogens with zero attached hydrogens (tertiary/aromatic N) is 1. The molecule has 38 heavy (non-hydrogen) atoms. The zero-order valence-electron chi connectivity index (χ0n) is 23.3. The average Bonchev–Trinajstić information content (AvgIpc) is 3.65. The fourth-order valence-corrected chi connectivity index (χ4v) is 4.01. The first kappa shape index (κ1) is 30.7. The quantitative estimate of drug-likeness (QED) is 0.316. The Bertz CT molecular complexity index is 1020. The lowest BCUT2D eigenvalue weighted by atomic mass is 9.98. The molecule has 9 heteroatoms. The highest BCUT2D eigenvalue weighted by Gasteiger charge is 2.44. The van der Waals surface area contributed by atoms with Crippen molar-refractivity contribution in [2.24, 2.45) is 5.92 Å². The van der Waals surface area contributed by atoms with Crippen LogP contribution < -0.4 is 10.6 Å². The lowest BCUT2D eigenvalue weighted by molar-refractivity contribution is -0.145. The summed E-state index contributed by atoms with van der Waals surface area (Å²) in [4.78, 5) is 53.6. The molecule has 1 aromatic carbocycles. The van der Waals surface area contributed by atoms with E-state index in [4.69, 9.17) is 15.9 Å². The number of alkyl carbamates (subject to hydrolysis) is 1. The molecule has 0 saturated heterocycles. The van der Waals surface area contributed by atoms with Crippen molar-refractivity contribution in [1.29, 1.82) is 0 Å². The maximum atomic E-state index is 14.0. The van der Waals surface area contributed by atoms with Crippen molar-refractivity contribution in [2.75, 3.05) is 13.2 Å². The number of hydrogen-bond donors (Lipinski definition) is 2. The van der Waals surface area contributed by atoms with Crippen LogP contribution in [-0.4, -0.2) is 59.6 Å². The van der Waals surface area contributed by atoms with Gasteiger partial charge in [-0.1, -0.05) is 31.9 Å². The number of esters is 1. The van der Waals surface area contributed by atoms with Crippen LogP contribution in [0.4, 0.5) is 4.79 Å². The molecule has 0 spiro atoms. The van der Waals surface area contributed by atoms with Gasteiger partial charge in [-0.2, -0.15) is 0 Å². The molecule has 2 rings (SSSR count). The molecule has 0 radical (unpaired) electrons. The molecular weight excluding hydrogens is 486 g/mol. The molecule has 1 aliphatic carbocycles. The van der Waals surface area contributed by atoms with Gasteiger partial charge in [0.05, 0.1) is 13.0 Å². The van der Waals surface area contributed by atoms with Gasteiger partial charge in [-0.05, 0) is 70.6 Å². The van der Waals surface area contributed by atoms with Crippen LogP contribution in [0.2, 0.25) is 0 Å². The number of rotatable bonds is 12. The second-order valence-corrected chi connectivity index (χ2v) is 10.8. The predicted molar refractivity (Wildman–Crippen MR) is 144 cm³/mol. The fourth-order valence-electron chi connectivity index (χ4n) is 4.01. The Balaban J connectivity index is 2.39. The SMILES string of the molecule is C#Cc1ccc(C(C(=O)NCCC(=O)OCC)N(C(=O)C(CC(C)C)NC(=O)OC(C)(C)C)C2CC2)cc1. The van der Waals surface area contributed by atoms with Gasteiger partial charge >= 0.3 is 12.1 Å². The highest BCUT2D eigenvalue weighted by Crippen LogP contribution is 2.36. The molecule has 1 saturated carbocycles. The summed E-state index contributed by atoms with van der Waals surface area (Å²) in [5, 5.41) is 5.51. The normalized spacial score (nSPS) is 14.6. The summed E-state index contributed by atoms with van der Waals surface area (Å²) in [7, 11) is 0. The number of hydrogen-bond acceptors (Lipinski definition) is 6. The Morgan fingerprint density at radius 3 is 2.26 bits per heavy atom. The van der Waals surface area contributed by atoms with E-state index in [-0.39, 0.29) is 37.4 Å². The van der Waals surface area contributed by atoms with Crippen LogP contribution in [0.25, 0.3) is 0 Å². The standard InChI is InChI=1S/C29H41N3O6/c1-8-20-10-12-21(13-11-20)25(26(34)30-17-16-24(33)37-9-2)32(22-14-15-22)27(35)23(18-19(3)4)31-28(36)38-29(5,6)7/h1,10-13,19,22-23,25H,9,14-18H2,2-7H3,(H,30,34)(H,31,36). The highest BCUT2D eigenvalue weighted by molar-refractivity contribution is 5.92. The Labute approximate surface area is 226 Å². The zero-order valence-corrected chi connectivity index (χ0v) is 23.3. The molecule has 0 heterocycles. The van der Waals surface area contributed by atoms with Gasteiger partial charge in [0.25, 0.3) is 0 Å². The summed E-state index contributed by atoms with van der Waals surface area (Å²) < 4.78 is 10.3. The van der Waals surface area contributed by atoms with E-state index in [1.165, 1.54) is 0 Å². The van der Waals surface area contributed by atoms with Gasteiger partial charge in [0.15, 0.2) is 0 Å². The van der Waals surface area contributed by atoms with E-state index in [9.17, 15) is 19.2 Å². The number of nitrogens with one attached hydrogen (secondary N) is 2. The van der Waals surface area contributed by atoms with Crippen molar-refractivity contribution >= 4 is 23.9 Å². The first-order valence-corrected chi connectivity index (χ1v) is 13.2. The van der Waals surface area contributed by atoms with Gasteiger partial charge in [-0.3, -0.25) is 14.4 Å². The van der Waals surface area contributed by atoms with Gasteiger partial charge in [-0.25, -0.2) is 4.79 Å². The van der Waals surface area contributed by atoms with E-state index in [0.29, 0.717) is 17.5 Å². The number of carbonyl (C=O) groups is 4. The minimum Gasteiger partial charge on any atom is -0.466 e. The summed E-state index contributed by atoms with van der Waals surface area (Å²) in [6, 6.07) is 4.87. The van der Waals surface area contributed by atoms with E-state index in [1.807, 2.05) is 13.8 Å². The number of carbonyl (C=O) groups excluding carboxylic acids is 4. The molecule has 1 aromatic rings. The smallest absolute Gasteiger partial charge is 0.408 e. The molecule has 1 aliphatic rings. The van der Waals surface area contributed by atoms with Crippen molar-refractivity contribution in [3.05, 3.63) is 35.4 Å². The number of amides is 3. The largest absolute Gasteiger partial charge is 0.466 e. The topological polar surface area (TPSA) is 114 Å². The second-order valence-electron chi connectivity index (χ2n) is 10.8. The van der Waals surface area contributed by atoms with Crippen LogP contribution in [0.15, 0.2) is 24.3 Å². The van der Waals surface area contributed by atoms with Gasteiger partial charge in [0, 0.05) is 18.2 Å². The first-order chi connectivity index (χ1) is 17.9. The fraction of sp³-hybridized carbons (Fsp3) is 0.586. The lowest BCUT2D eigenvalue weighted by Gasteiger charge is -2.35. The third-order valence-corrected chi connectivity index (χ3v) is 5.74. The van der Waals surface area contributed by atoms with E-state index in [2.05, 4.69) is 16.6 Å². The summed E-state index contributed by atoms with van der Waals surface area (Å²) in [5.41, 5.74) is 0.494. The van der Waals surface area contributed by atoms with Crippen LogP contribution in [-0.2, 0) is 23.9 Å². The van der Waals surface area contributed by atoms with Crippen LogP contribution in [0, 0.1) is 18.3 Å². The Hall–Kier alpha value is -3.54. The molecule has 0 aliphatic heterocycles. The maximum absolute atomic E-state index is 14.0. The Kier molecular flexibility index (Phi) is 11.2. The molecule has 3 amide bonds. The summed E-state index contributed by atoms with van der Waals surface area (Å²) in [5.74, 6) is 1.43. The van der Waals surface area contributed by atoms with Crippen molar-refractivity contribution in [1.82, 2.24) is 15.5 Å². The summed E-state index contributed by atoms with van der Waals surface area (Å²) >= 11 is 0. The van der Waals surface area contributed by atoms with Crippen LogP contribution in [0.5, 0.6) is 0 Å². The molecule has 2 N–H and O–H groups in total. The second kappa shape index (κ2) is 13.8. The van der Waals surface area contributed by atoms with Crippen LogP contribution in [0.1, 0.15) is 84.4 Å². The minimum absolute atomic E-state index is 0.00980. The maximum Gasteiger partial charge on any atom is 0.408 e. The molecule has 0 bridgehead atoms. The Morgan fingerprint density at radius 2 is 1.76 bits per heavy atom. The monoisotopic (exact) mass is 527 g/mol. The van der Waals surface area contributed by atoms with E-state index < -0.39 is 35.7 Å². The molecule has 9 nitrogen and oxygen atoms in total. The zero-order chi connectivity index (χ0) is 28.5. The third-order valence-electron chi connectivity index (χ3n) is 5.74. The van der Waals surface area contributed by atoms with Crippen molar-refractivity contribution in [3.63, 3.8) is 0 Å². The minimum atomic E-state index is -0.973. The van der Waals surface area contributed by atoms with Gasteiger partial charge < -0.3 is 25.0 Å². The summed E-state index contributed by atoms with van der Waals surface area (Å²) in [6.07, 6.45) is 6.67. The molecular formula is C29H41N3O6. The number of benzene rings is 1. The third kappa shape index (κ3) is 9.73. The average molecular weight is 528 g/mol. The molecule has 1 fully saturated rings. The molecule has 2 atom stereocenters. The lowest BCUT2D eigenvalue weighted by Crippen LogP contribution is -2.54. The summed E-state index contributed by atoms with van der Waals surface area (Å²) in [6.45, 7) is 11.2. The van der Waals surface area contributed by atoms with Gasteiger partial charge in [0.1, 0.15) is 17.7 Å². The van der Waals surface area contributed by atoms with Crippen molar-refractivity contribution in [2.45, 2.75) is 91.0 Å². The predicted octanol–water partition coefficient (Wildman–Crippen LogP) is 3.71. The Morgan fingerprint density at radius 1 is 1.13 bits per heavy atom. The molecule has 0 aromatic heterocycles. The van der Waals surface area contributed by atoms with Gasteiger partial charge in [0.2, 0.25) is 11.8 Å². The molecule has 208 valence electrons. The van der Waals surface area contributed by atoms with Crippen molar-refractivity contribution in [3.8, 4) is 12.3 Å². The highest BCUT2D eigenvalue weighted by atomic mass is 16.6. The van der Waals surface area contributed by atoms with E-state index in [0.717, 1.165) is 12.8 Å². The van der Waals surface area contributed by atoms with E-state index in [1.54, 1.807) is 56.9 Å². The van der Waals surface area contributed by atoms with Crippen LogP contribution >= 0.6 is 0 Å².